The molecule has 1 aromatic heterocycles. The minimum absolute atomic E-state index is 0.0353. The minimum Gasteiger partial charge on any atom is -0.387 e. The molecule has 0 radical (unpaired) electrons. The van der Waals surface area contributed by atoms with Crippen LogP contribution in [0.5, 0.6) is 0 Å². The van der Waals surface area contributed by atoms with Crippen molar-refractivity contribution >= 4 is 21.4 Å². The van der Waals surface area contributed by atoms with Crippen molar-refractivity contribution in [2.24, 2.45) is 0 Å². The molecule has 0 aliphatic heterocycles. The molecule has 1 atom stereocenters. The minimum atomic E-state index is -3.60. The quantitative estimate of drug-likeness (QED) is 0.891. The summed E-state index contributed by atoms with van der Waals surface area (Å²) in [5.74, 6) is 0. The lowest BCUT2D eigenvalue weighted by atomic mass is 10.2. The lowest BCUT2D eigenvalue weighted by Crippen LogP contribution is -2.29. The lowest BCUT2D eigenvalue weighted by Gasteiger charge is -2.13. The van der Waals surface area contributed by atoms with Crippen molar-refractivity contribution in [1.82, 2.24) is 4.72 Å². The van der Waals surface area contributed by atoms with Crippen LogP contribution in [0, 0.1) is 13.8 Å². The van der Waals surface area contributed by atoms with Crippen LogP contribution in [-0.2, 0) is 10.0 Å². The van der Waals surface area contributed by atoms with E-state index >= 15 is 0 Å². The van der Waals surface area contributed by atoms with Gasteiger partial charge in [-0.2, -0.15) is 11.3 Å². The third-order valence-corrected chi connectivity index (χ3v) is 5.30. The van der Waals surface area contributed by atoms with Gasteiger partial charge in [0.25, 0.3) is 0 Å². The van der Waals surface area contributed by atoms with Gasteiger partial charge in [-0.25, -0.2) is 13.1 Å². The highest BCUT2D eigenvalue weighted by Gasteiger charge is 2.18. The molecule has 6 heteroatoms. The van der Waals surface area contributed by atoms with E-state index in [1.165, 1.54) is 11.3 Å². The highest BCUT2D eigenvalue weighted by atomic mass is 32.2. The molecule has 2 N–H and O–H groups in total. The number of aliphatic hydroxyl groups is 1. The molecule has 0 fully saturated rings. The Morgan fingerprint density at radius 1 is 1.30 bits per heavy atom. The van der Waals surface area contributed by atoms with E-state index < -0.39 is 16.1 Å². The van der Waals surface area contributed by atoms with Crippen molar-refractivity contribution in [2.45, 2.75) is 24.8 Å². The molecule has 0 aliphatic rings. The second-order valence-corrected chi connectivity index (χ2v) is 7.21. The summed E-state index contributed by atoms with van der Waals surface area (Å²) in [6, 6.07) is 6.95. The summed E-state index contributed by atoms with van der Waals surface area (Å²) >= 11 is 1.46. The monoisotopic (exact) mass is 311 g/mol. The number of hydrogen-bond donors (Lipinski definition) is 2. The van der Waals surface area contributed by atoms with Crippen LogP contribution in [0.25, 0.3) is 0 Å². The summed E-state index contributed by atoms with van der Waals surface area (Å²) in [5, 5.41) is 13.6. The molecule has 1 aromatic carbocycles. The van der Waals surface area contributed by atoms with Gasteiger partial charge in [0.15, 0.2) is 0 Å². The van der Waals surface area contributed by atoms with Gasteiger partial charge >= 0.3 is 0 Å². The smallest absolute Gasteiger partial charge is 0.240 e. The summed E-state index contributed by atoms with van der Waals surface area (Å²) in [5.41, 5.74) is 2.43. The number of sulfonamides is 1. The van der Waals surface area contributed by atoms with Crippen LogP contribution in [0.4, 0.5) is 0 Å². The second-order valence-electron chi connectivity index (χ2n) is 4.69. The molecule has 2 aromatic rings. The van der Waals surface area contributed by atoms with E-state index in [0.29, 0.717) is 5.56 Å². The summed E-state index contributed by atoms with van der Waals surface area (Å²) < 4.78 is 26.9. The number of hydrogen-bond acceptors (Lipinski definition) is 4. The van der Waals surface area contributed by atoms with Crippen LogP contribution in [0.3, 0.4) is 0 Å². The fourth-order valence-electron chi connectivity index (χ4n) is 1.95. The second kappa shape index (κ2) is 6.05. The standard InChI is InChI=1S/C14H17NO3S2/c1-10-3-4-14(11(2)7-10)20(17,18)15-8-13(16)12-5-6-19-9-12/h3-7,9,13,15-16H,8H2,1-2H3. The van der Waals surface area contributed by atoms with Crippen molar-refractivity contribution in [2.75, 3.05) is 6.54 Å². The fourth-order valence-corrected chi connectivity index (χ4v) is 3.92. The van der Waals surface area contributed by atoms with Crippen molar-refractivity contribution in [3.05, 3.63) is 51.7 Å². The zero-order valence-corrected chi connectivity index (χ0v) is 13.0. The van der Waals surface area contributed by atoms with E-state index in [9.17, 15) is 13.5 Å². The first-order valence-electron chi connectivity index (χ1n) is 6.17. The number of aryl methyl sites for hydroxylation is 2. The van der Waals surface area contributed by atoms with E-state index in [0.717, 1.165) is 11.1 Å². The third-order valence-electron chi connectivity index (χ3n) is 3.01. The van der Waals surface area contributed by atoms with Crippen molar-refractivity contribution < 1.29 is 13.5 Å². The molecule has 2 rings (SSSR count). The van der Waals surface area contributed by atoms with Crippen molar-refractivity contribution in [1.29, 1.82) is 0 Å². The van der Waals surface area contributed by atoms with Crippen LogP contribution >= 0.6 is 11.3 Å². The first-order chi connectivity index (χ1) is 9.40. The summed E-state index contributed by atoms with van der Waals surface area (Å²) in [4.78, 5) is 0.251. The fraction of sp³-hybridized carbons (Fsp3) is 0.286. The molecular formula is C14H17NO3S2. The first kappa shape index (κ1) is 15.2. The highest BCUT2D eigenvalue weighted by molar-refractivity contribution is 7.89. The van der Waals surface area contributed by atoms with Crippen LogP contribution in [-0.4, -0.2) is 20.1 Å². The Morgan fingerprint density at radius 2 is 2.05 bits per heavy atom. The molecule has 1 heterocycles. The maximum Gasteiger partial charge on any atom is 0.240 e. The number of rotatable bonds is 5. The Hall–Kier alpha value is -1.21. The van der Waals surface area contributed by atoms with Crippen molar-refractivity contribution in [3.8, 4) is 0 Å². The highest BCUT2D eigenvalue weighted by Crippen LogP contribution is 2.18. The SMILES string of the molecule is Cc1ccc(S(=O)(=O)NCC(O)c2ccsc2)c(C)c1. The van der Waals surface area contributed by atoms with Gasteiger partial charge in [-0.15, -0.1) is 0 Å². The molecule has 1 unspecified atom stereocenters. The van der Waals surface area contributed by atoms with Gasteiger partial charge in [0, 0.05) is 6.54 Å². The zero-order valence-electron chi connectivity index (χ0n) is 11.3. The number of thiophene rings is 1. The summed E-state index contributed by atoms with van der Waals surface area (Å²) in [6.45, 7) is 3.64. The maximum atomic E-state index is 12.2. The van der Waals surface area contributed by atoms with Gasteiger partial charge in [-0.05, 0) is 47.9 Å². The van der Waals surface area contributed by atoms with Crippen LogP contribution in [0.2, 0.25) is 0 Å². The van der Waals surface area contributed by atoms with Crippen LogP contribution in [0.15, 0.2) is 39.9 Å². The number of benzene rings is 1. The van der Waals surface area contributed by atoms with E-state index in [1.807, 2.05) is 18.4 Å². The zero-order chi connectivity index (χ0) is 14.8. The van der Waals surface area contributed by atoms with E-state index in [-0.39, 0.29) is 11.4 Å². The topological polar surface area (TPSA) is 66.4 Å². The van der Waals surface area contributed by atoms with Crippen LogP contribution < -0.4 is 4.72 Å². The third kappa shape index (κ3) is 3.46. The molecule has 0 amide bonds. The molecule has 0 aliphatic carbocycles. The summed E-state index contributed by atoms with van der Waals surface area (Å²) in [6.07, 6.45) is -0.832. The summed E-state index contributed by atoms with van der Waals surface area (Å²) in [7, 11) is -3.60. The van der Waals surface area contributed by atoms with Gasteiger partial charge in [0.05, 0.1) is 11.0 Å². The molecule has 0 spiro atoms. The van der Waals surface area contributed by atoms with Gasteiger partial charge < -0.3 is 5.11 Å². The molecule has 4 nitrogen and oxygen atoms in total. The van der Waals surface area contributed by atoms with Gasteiger partial charge in [-0.1, -0.05) is 17.7 Å². The first-order valence-corrected chi connectivity index (χ1v) is 8.60. The molecular weight excluding hydrogens is 294 g/mol. The number of aliphatic hydroxyl groups excluding tert-OH is 1. The number of nitrogens with one attached hydrogen (secondary N) is 1. The molecule has 108 valence electrons. The normalized spacial score (nSPS) is 13.3. The van der Waals surface area contributed by atoms with Gasteiger partial charge in [-0.3, -0.25) is 0 Å². The molecule has 0 saturated heterocycles. The average molecular weight is 311 g/mol. The predicted molar refractivity (Wildman–Crippen MR) is 80.4 cm³/mol. The molecule has 0 saturated carbocycles. The average Bonchev–Trinajstić information content (AvgIpc) is 2.89. The Bertz CT molecular complexity index is 678. The van der Waals surface area contributed by atoms with E-state index in [2.05, 4.69) is 4.72 Å². The lowest BCUT2D eigenvalue weighted by molar-refractivity contribution is 0.182. The maximum absolute atomic E-state index is 12.2. The Labute approximate surface area is 123 Å². The van der Waals surface area contributed by atoms with E-state index in [1.54, 1.807) is 30.5 Å². The molecule has 20 heavy (non-hydrogen) atoms. The Morgan fingerprint density at radius 3 is 2.65 bits per heavy atom. The Kier molecular flexibility index (Phi) is 4.59. The molecule has 0 bridgehead atoms. The van der Waals surface area contributed by atoms with Gasteiger partial charge in [0.1, 0.15) is 0 Å². The van der Waals surface area contributed by atoms with Gasteiger partial charge in [0.2, 0.25) is 10.0 Å². The Balaban J connectivity index is 2.11. The predicted octanol–water partition coefficient (Wildman–Crippen LogP) is 2.38. The van der Waals surface area contributed by atoms with E-state index in [4.69, 9.17) is 0 Å². The van der Waals surface area contributed by atoms with Crippen molar-refractivity contribution in [3.63, 3.8) is 0 Å². The largest absolute Gasteiger partial charge is 0.387 e. The van der Waals surface area contributed by atoms with Crippen LogP contribution in [0.1, 0.15) is 22.8 Å².